The molecule has 0 radical (unpaired) electrons. The van der Waals surface area contributed by atoms with Crippen molar-refractivity contribution in [2.24, 2.45) is 5.92 Å². The van der Waals surface area contributed by atoms with Crippen LogP contribution in [0, 0.1) is 5.92 Å². The zero-order valence-electron chi connectivity index (χ0n) is 14.6. The van der Waals surface area contributed by atoms with Gasteiger partial charge in [0.05, 0.1) is 7.11 Å². The van der Waals surface area contributed by atoms with E-state index >= 15 is 0 Å². The molecule has 0 aromatic carbocycles. The highest BCUT2D eigenvalue weighted by Crippen LogP contribution is 2.23. The van der Waals surface area contributed by atoms with Gasteiger partial charge >= 0.3 is 5.97 Å². The van der Waals surface area contributed by atoms with E-state index in [4.69, 9.17) is 0 Å². The Kier molecular flexibility index (Phi) is 6.01. The normalized spacial score (nSPS) is 22.9. The third-order valence-electron chi connectivity index (χ3n) is 5.10. The first kappa shape index (κ1) is 17.1. The number of esters is 1. The van der Waals surface area contributed by atoms with Crippen LogP contribution in [0.5, 0.6) is 0 Å². The minimum absolute atomic E-state index is 0.263. The van der Waals surface area contributed by atoms with E-state index in [1.807, 2.05) is 6.07 Å². The van der Waals surface area contributed by atoms with Gasteiger partial charge in [-0.25, -0.2) is 4.79 Å². The number of hydrogen-bond acceptors (Lipinski definition) is 6. The molecule has 2 fully saturated rings. The highest BCUT2D eigenvalue weighted by Gasteiger charge is 2.24. The van der Waals surface area contributed by atoms with E-state index in [0.717, 1.165) is 18.9 Å². The van der Waals surface area contributed by atoms with Gasteiger partial charge in [-0.1, -0.05) is 12.8 Å². The van der Waals surface area contributed by atoms with Crippen molar-refractivity contribution in [3.05, 3.63) is 17.8 Å². The molecule has 0 unspecified atom stereocenters. The predicted molar refractivity (Wildman–Crippen MR) is 93.2 cm³/mol. The summed E-state index contributed by atoms with van der Waals surface area (Å²) in [6.45, 7) is 5.75. The lowest BCUT2D eigenvalue weighted by molar-refractivity contribution is 0.0592. The third kappa shape index (κ3) is 4.44. The first-order valence-electron chi connectivity index (χ1n) is 9.15. The largest absolute Gasteiger partial charge is 0.464 e. The number of hydrogen-bond donors (Lipinski definition) is 0. The summed E-state index contributed by atoms with van der Waals surface area (Å²) in [7, 11) is 1.36. The summed E-state index contributed by atoms with van der Waals surface area (Å²) < 4.78 is 4.67. The number of carbonyl (C=O) groups is 1. The first-order valence-corrected chi connectivity index (χ1v) is 9.15. The van der Waals surface area contributed by atoms with E-state index in [2.05, 4.69) is 24.7 Å². The van der Waals surface area contributed by atoms with Crippen molar-refractivity contribution in [2.45, 2.75) is 38.5 Å². The van der Waals surface area contributed by atoms with Crippen LogP contribution in [-0.2, 0) is 4.74 Å². The Labute approximate surface area is 144 Å². The molecule has 6 heteroatoms. The molecule has 0 N–H and O–H groups in total. The molecule has 3 rings (SSSR count). The predicted octanol–water partition coefficient (Wildman–Crippen LogP) is 2.36. The summed E-state index contributed by atoms with van der Waals surface area (Å²) in [5.41, 5.74) is 0.263. The van der Waals surface area contributed by atoms with Gasteiger partial charge in [-0.3, -0.25) is 0 Å². The van der Waals surface area contributed by atoms with E-state index in [1.54, 1.807) is 6.07 Å². The van der Waals surface area contributed by atoms with Gasteiger partial charge in [-0.2, -0.15) is 0 Å². The van der Waals surface area contributed by atoms with E-state index in [-0.39, 0.29) is 5.69 Å². The Morgan fingerprint density at radius 2 is 1.92 bits per heavy atom. The van der Waals surface area contributed by atoms with Crippen molar-refractivity contribution in [1.29, 1.82) is 0 Å². The number of carbonyl (C=O) groups excluding carboxylic acids is 1. The molecule has 24 heavy (non-hydrogen) atoms. The summed E-state index contributed by atoms with van der Waals surface area (Å²) in [5.74, 6) is 1.12. The number of ether oxygens (including phenoxy) is 1. The van der Waals surface area contributed by atoms with Crippen LogP contribution in [0.15, 0.2) is 12.1 Å². The van der Waals surface area contributed by atoms with Crippen LogP contribution in [0.25, 0.3) is 0 Å². The molecule has 0 saturated carbocycles. The van der Waals surface area contributed by atoms with Crippen LogP contribution in [-0.4, -0.2) is 60.9 Å². The summed E-state index contributed by atoms with van der Waals surface area (Å²) in [6.07, 6.45) is 7.94. The molecular weight excluding hydrogens is 304 g/mol. The number of piperidine rings is 1. The second-order valence-corrected chi connectivity index (χ2v) is 6.94. The molecule has 1 aromatic rings. The molecule has 1 aromatic heterocycles. The van der Waals surface area contributed by atoms with Crippen molar-refractivity contribution in [2.75, 3.05) is 44.7 Å². The van der Waals surface area contributed by atoms with Gasteiger partial charge in [0.2, 0.25) is 0 Å². The van der Waals surface area contributed by atoms with Crippen molar-refractivity contribution >= 4 is 11.8 Å². The lowest BCUT2D eigenvalue weighted by Gasteiger charge is -2.35. The maximum absolute atomic E-state index is 11.5. The first-order chi connectivity index (χ1) is 11.8. The lowest BCUT2D eigenvalue weighted by atomic mass is 9.97. The summed E-state index contributed by atoms with van der Waals surface area (Å²) in [5, 5.41) is 8.23. The minimum atomic E-state index is -0.438. The van der Waals surface area contributed by atoms with Crippen LogP contribution >= 0.6 is 0 Å². The fourth-order valence-electron chi connectivity index (χ4n) is 3.81. The smallest absolute Gasteiger partial charge is 0.358 e. The van der Waals surface area contributed by atoms with Crippen molar-refractivity contribution < 1.29 is 9.53 Å². The van der Waals surface area contributed by atoms with Gasteiger partial charge in [0.25, 0.3) is 0 Å². The number of likely N-dealkylation sites (tertiary alicyclic amines) is 1. The number of nitrogens with zero attached hydrogens (tertiary/aromatic N) is 4. The van der Waals surface area contributed by atoms with Crippen molar-refractivity contribution in [1.82, 2.24) is 15.1 Å². The van der Waals surface area contributed by atoms with Gasteiger partial charge in [-0.05, 0) is 56.8 Å². The number of anilines is 1. The second-order valence-electron chi connectivity index (χ2n) is 6.94. The molecule has 132 valence electrons. The average Bonchev–Trinajstić information content (AvgIpc) is 2.90. The third-order valence-corrected chi connectivity index (χ3v) is 5.10. The van der Waals surface area contributed by atoms with E-state index < -0.39 is 5.97 Å². The highest BCUT2D eigenvalue weighted by molar-refractivity contribution is 5.86. The number of methoxy groups -OCH3 is 1. The Morgan fingerprint density at radius 1 is 1.12 bits per heavy atom. The van der Waals surface area contributed by atoms with Crippen LogP contribution in [0.2, 0.25) is 0 Å². The van der Waals surface area contributed by atoms with E-state index in [9.17, 15) is 4.79 Å². The molecule has 0 amide bonds. The summed E-state index contributed by atoms with van der Waals surface area (Å²) in [6, 6.07) is 3.58. The molecule has 6 nitrogen and oxygen atoms in total. The second kappa shape index (κ2) is 8.42. The Hall–Kier alpha value is -1.69. The Balaban J connectivity index is 1.57. The molecule has 3 heterocycles. The standard InChI is InChI=1S/C18H28N4O2/c1-24-18(23)16-8-9-17(20-19-16)22-12-6-7-15(14-22)13-21-10-4-2-3-5-11-21/h8-9,15H,2-7,10-14H2,1H3/t15-/m0/s1. The fraction of sp³-hybridized carbons (Fsp3) is 0.722. The van der Waals surface area contributed by atoms with Gasteiger partial charge in [-0.15, -0.1) is 10.2 Å². The molecule has 2 saturated heterocycles. The molecule has 0 aliphatic carbocycles. The Morgan fingerprint density at radius 3 is 2.58 bits per heavy atom. The molecular formula is C18H28N4O2. The number of aromatic nitrogens is 2. The lowest BCUT2D eigenvalue weighted by Crippen LogP contribution is -2.41. The zero-order chi connectivity index (χ0) is 16.8. The Bertz CT molecular complexity index is 526. The topological polar surface area (TPSA) is 58.6 Å². The van der Waals surface area contributed by atoms with Crippen LogP contribution in [0.3, 0.4) is 0 Å². The molecule has 0 bridgehead atoms. The molecule has 0 spiro atoms. The van der Waals surface area contributed by atoms with Crippen molar-refractivity contribution in [3.63, 3.8) is 0 Å². The summed E-state index contributed by atoms with van der Waals surface area (Å²) in [4.78, 5) is 16.4. The quantitative estimate of drug-likeness (QED) is 0.789. The number of rotatable bonds is 4. The van der Waals surface area contributed by atoms with Gasteiger partial charge in [0.15, 0.2) is 11.5 Å². The summed E-state index contributed by atoms with van der Waals surface area (Å²) >= 11 is 0. The SMILES string of the molecule is COC(=O)c1ccc(N2CCC[C@@H](CN3CCCCCC3)C2)nn1. The molecule has 1 atom stereocenters. The van der Waals surface area contributed by atoms with E-state index in [1.165, 1.54) is 65.3 Å². The zero-order valence-corrected chi connectivity index (χ0v) is 14.6. The maximum Gasteiger partial charge on any atom is 0.358 e. The molecule has 2 aliphatic heterocycles. The van der Waals surface area contributed by atoms with Crippen LogP contribution in [0.1, 0.15) is 49.0 Å². The fourth-order valence-corrected chi connectivity index (χ4v) is 3.81. The molecule has 2 aliphatic rings. The van der Waals surface area contributed by atoms with Gasteiger partial charge in [0, 0.05) is 19.6 Å². The highest BCUT2D eigenvalue weighted by atomic mass is 16.5. The monoisotopic (exact) mass is 332 g/mol. The van der Waals surface area contributed by atoms with Gasteiger partial charge in [0.1, 0.15) is 0 Å². The van der Waals surface area contributed by atoms with Crippen molar-refractivity contribution in [3.8, 4) is 0 Å². The van der Waals surface area contributed by atoms with Crippen LogP contribution < -0.4 is 4.90 Å². The van der Waals surface area contributed by atoms with Gasteiger partial charge < -0.3 is 14.5 Å². The minimum Gasteiger partial charge on any atom is -0.464 e. The average molecular weight is 332 g/mol. The van der Waals surface area contributed by atoms with E-state index in [0.29, 0.717) is 5.92 Å². The maximum atomic E-state index is 11.5. The van der Waals surface area contributed by atoms with Crippen LogP contribution in [0.4, 0.5) is 5.82 Å².